The summed E-state index contributed by atoms with van der Waals surface area (Å²) in [6.07, 6.45) is 0. The van der Waals surface area contributed by atoms with Crippen molar-refractivity contribution in [1.29, 1.82) is 0 Å². The summed E-state index contributed by atoms with van der Waals surface area (Å²) in [5.41, 5.74) is 1.52. The van der Waals surface area contributed by atoms with Crippen molar-refractivity contribution in [3.8, 4) is 0 Å². The number of carbonyl (C=O) groups is 1. The zero-order valence-corrected chi connectivity index (χ0v) is 10.4. The van der Waals surface area contributed by atoms with Crippen LogP contribution in [0.2, 0.25) is 5.02 Å². The summed E-state index contributed by atoms with van der Waals surface area (Å²) >= 11 is 5.99. The van der Waals surface area contributed by atoms with Crippen molar-refractivity contribution in [2.24, 2.45) is 0 Å². The molecule has 2 N–H and O–H groups in total. The summed E-state index contributed by atoms with van der Waals surface area (Å²) in [4.78, 5) is 11.0. The number of hydrogen-bond donors (Lipinski definition) is 2. The van der Waals surface area contributed by atoms with E-state index in [1.807, 2.05) is 13.8 Å². The van der Waals surface area contributed by atoms with Crippen LogP contribution < -0.4 is 5.32 Å². The molecular weight excluding hydrogens is 230 g/mol. The predicted molar refractivity (Wildman–Crippen MR) is 61.8 cm³/mol. The average Bonchev–Trinajstić information content (AvgIpc) is 2.45. The average molecular weight is 246 g/mol. The Morgan fingerprint density at radius 3 is 2.62 bits per heavy atom. The minimum atomic E-state index is -0.884. The molecule has 6 heteroatoms. The Morgan fingerprint density at radius 2 is 2.25 bits per heavy atom. The van der Waals surface area contributed by atoms with Gasteiger partial charge in [-0.3, -0.25) is 9.48 Å². The highest BCUT2D eigenvalue weighted by Gasteiger charge is 2.19. The molecule has 0 aliphatic heterocycles. The Labute approximate surface area is 99.4 Å². The summed E-state index contributed by atoms with van der Waals surface area (Å²) in [5, 5.41) is 16.7. The van der Waals surface area contributed by atoms with Crippen LogP contribution in [-0.2, 0) is 11.3 Å². The maximum atomic E-state index is 11.0. The molecule has 0 saturated carbocycles. The summed E-state index contributed by atoms with van der Waals surface area (Å²) < 4.78 is 1.62. The van der Waals surface area contributed by atoms with Crippen LogP contribution in [0.3, 0.4) is 0 Å². The summed E-state index contributed by atoms with van der Waals surface area (Å²) in [5.74, 6) is -0.884. The maximum absolute atomic E-state index is 11.0. The van der Waals surface area contributed by atoms with Gasteiger partial charge in [-0.15, -0.1) is 0 Å². The summed E-state index contributed by atoms with van der Waals surface area (Å²) in [6, 6.07) is -0.640. The largest absolute Gasteiger partial charge is 0.480 e. The van der Waals surface area contributed by atoms with Crippen molar-refractivity contribution in [3.63, 3.8) is 0 Å². The number of nitrogens with one attached hydrogen (secondary N) is 1. The van der Waals surface area contributed by atoms with Crippen LogP contribution in [0.4, 0.5) is 0 Å². The first-order valence-electron chi connectivity index (χ1n) is 5.13. The van der Waals surface area contributed by atoms with Crippen LogP contribution in [0.15, 0.2) is 0 Å². The van der Waals surface area contributed by atoms with Gasteiger partial charge in [0.15, 0.2) is 0 Å². The number of hydrogen-bond acceptors (Lipinski definition) is 3. The molecule has 1 atom stereocenters. The Bertz CT molecular complexity index is 390. The highest BCUT2D eigenvalue weighted by Crippen LogP contribution is 2.18. The van der Waals surface area contributed by atoms with Crippen molar-refractivity contribution in [2.45, 2.75) is 33.4 Å². The van der Waals surface area contributed by atoms with Crippen LogP contribution >= 0.6 is 11.6 Å². The van der Waals surface area contributed by atoms with Crippen molar-refractivity contribution >= 4 is 17.6 Å². The monoisotopic (exact) mass is 245 g/mol. The number of nitrogens with zero attached hydrogens (tertiary/aromatic N) is 2. The van der Waals surface area contributed by atoms with E-state index in [0.29, 0.717) is 11.6 Å². The minimum Gasteiger partial charge on any atom is -0.480 e. The smallest absolute Gasteiger partial charge is 0.322 e. The van der Waals surface area contributed by atoms with Crippen molar-refractivity contribution in [2.75, 3.05) is 6.54 Å². The molecule has 5 nitrogen and oxygen atoms in total. The van der Waals surface area contributed by atoms with Gasteiger partial charge in [0.2, 0.25) is 0 Å². The minimum absolute atomic E-state index is 0.280. The first kappa shape index (κ1) is 13.0. The quantitative estimate of drug-likeness (QED) is 0.819. The lowest BCUT2D eigenvalue weighted by atomic mass is 10.3. The normalized spacial score (nSPS) is 12.8. The van der Waals surface area contributed by atoms with Gasteiger partial charge < -0.3 is 10.4 Å². The van der Waals surface area contributed by atoms with E-state index in [2.05, 4.69) is 10.4 Å². The number of aryl methyl sites for hydroxylation is 1. The van der Waals surface area contributed by atoms with E-state index < -0.39 is 12.0 Å². The van der Waals surface area contributed by atoms with Gasteiger partial charge in [0.25, 0.3) is 0 Å². The van der Waals surface area contributed by atoms with E-state index in [9.17, 15) is 4.79 Å². The standard InChI is InChI=1S/C10H16ClN3O2/c1-4-12-8(10(15)16)5-14-7(3)9(11)6(2)13-14/h8,12H,4-5H2,1-3H3,(H,15,16). The van der Waals surface area contributed by atoms with Gasteiger partial charge in [-0.2, -0.15) is 5.10 Å². The number of halogens is 1. The fourth-order valence-electron chi connectivity index (χ4n) is 1.50. The van der Waals surface area contributed by atoms with Gasteiger partial charge in [0, 0.05) is 0 Å². The first-order valence-corrected chi connectivity index (χ1v) is 5.50. The van der Waals surface area contributed by atoms with Crippen molar-refractivity contribution in [3.05, 3.63) is 16.4 Å². The van der Waals surface area contributed by atoms with Crippen LogP contribution in [0.25, 0.3) is 0 Å². The number of likely N-dealkylation sites (N-methyl/N-ethyl adjacent to an activating group) is 1. The molecular formula is C10H16ClN3O2. The molecule has 0 aromatic carbocycles. The summed E-state index contributed by atoms with van der Waals surface area (Å²) in [6.45, 7) is 6.37. The third kappa shape index (κ3) is 2.74. The molecule has 0 aliphatic rings. The second-order valence-electron chi connectivity index (χ2n) is 3.62. The maximum Gasteiger partial charge on any atom is 0.322 e. The number of rotatable bonds is 5. The predicted octanol–water partition coefficient (Wildman–Crippen LogP) is 1.22. The van der Waals surface area contributed by atoms with Crippen molar-refractivity contribution < 1.29 is 9.90 Å². The van der Waals surface area contributed by atoms with Gasteiger partial charge in [-0.1, -0.05) is 18.5 Å². The number of aromatic nitrogens is 2. The van der Waals surface area contributed by atoms with E-state index >= 15 is 0 Å². The van der Waals surface area contributed by atoms with Crippen LogP contribution in [0.5, 0.6) is 0 Å². The molecule has 0 fully saturated rings. The zero-order valence-electron chi connectivity index (χ0n) is 9.62. The van der Waals surface area contributed by atoms with Gasteiger partial charge in [0.05, 0.1) is 23.0 Å². The summed E-state index contributed by atoms with van der Waals surface area (Å²) in [7, 11) is 0. The lowest BCUT2D eigenvalue weighted by molar-refractivity contribution is -0.139. The van der Waals surface area contributed by atoms with Crippen LogP contribution in [0, 0.1) is 13.8 Å². The fourth-order valence-corrected chi connectivity index (χ4v) is 1.64. The third-order valence-corrected chi connectivity index (χ3v) is 2.94. The fraction of sp³-hybridized carbons (Fsp3) is 0.600. The molecule has 0 aliphatic carbocycles. The lowest BCUT2D eigenvalue weighted by Gasteiger charge is -2.14. The number of carboxylic acids is 1. The van der Waals surface area contributed by atoms with Gasteiger partial charge in [0.1, 0.15) is 6.04 Å². The molecule has 1 aromatic rings. The topological polar surface area (TPSA) is 67.2 Å². The zero-order chi connectivity index (χ0) is 12.3. The van der Waals surface area contributed by atoms with Crippen molar-refractivity contribution in [1.82, 2.24) is 15.1 Å². The molecule has 0 amide bonds. The van der Waals surface area contributed by atoms with Gasteiger partial charge in [-0.05, 0) is 20.4 Å². The SMILES string of the molecule is CCNC(Cn1nc(C)c(Cl)c1C)C(=O)O. The number of carboxylic acid groups (broad SMARTS) is 1. The Hall–Kier alpha value is -1.07. The lowest BCUT2D eigenvalue weighted by Crippen LogP contribution is -2.40. The van der Waals surface area contributed by atoms with Crippen LogP contribution in [-0.4, -0.2) is 33.4 Å². The Balaban J connectivity index is 2.85. The second kappa shape index (κ2) is 5.32. The molecule has 0 bridgehead atoms. The molecule has 1 unspecified atom stereocenters. The number of aliphatic carboxylic acids is 1. The molecule has 16 heavy (non-hydrogen) atoms. The van der Waals surface area contributed by atoms with E-state index in [1.54, 1.807) is 11.6 Å². The van der Waals surface area contributed by atoms with E-state index in [4.69, 9.17) is 16.7 Å². The highest BCUT2D eigenvalue weighted by molar-refractivity contribution is 6.31. The molecule has 90 valence electrons. The first-order chi connectivity index (χ1) is 7.47. The van der Waals surface area contributed by atoms with Gasteiger partial charge >= 0.3 is 5.97 Å². The molecule has 1 rings (SSSR count). The Kier molecular flexibility index (Phi) is 4.32. The second-order valence-corrected chi connectivity index (χ2v) is 3.99. The highest BCUT2D eigenvalue weighted by atomic mass is 35.5. The van der Waals surface area contributed by atoms with E-state index in [1.165, 1.54) is 0 Å². The molecule has 1 aromatic heterocycles. The molecule has 0 saturated heterocycles. The molecule has 0 radical (unpaired) electrons. The molecule has 0 spiro atoms. The van der Waals surface area contributed by atoms with E-state index in [0.717, 1.165) is 11.4 Å². The Morgan fingerprint density at radius 1 is 1.62 bits per heavy atom. The van der Waals surface area contributed by atoms with Crippen LogP contribution in [0.1, 0.15) is 18.3 Å². The third-order valence-electron chi connectivity index (χ3n) is 2.40. The van der Waals surface area contributed by atoms with E-state index in [-0.39, 0.29) is 6.54 Å². The van der Waals surface area contributed by atoms with Gasteiger partial charge in [-0.25, -0.2) is 0 Å². The molecule has 1 heterocycles.